The second-order valence-corrected chi connectivity index (χ2v) is 2.32. The van der Waals surface area contributed by atoms with Gasteiger partial charge in [0.05, 0.1) is 0 Å². The highest BCUT2D eigenvalue weighted by Gasteiger charge is 2.14. The molecule has 2 heterocycles. The van der Waals surface area contributed by atoms with Gasteiger partial charge in [-0.25, -0.2) is 0 Å². The monoisotopic (exact) mass is 198 g/mol. The van der Waals surface area contributed by atoms with Gasteiger partial charge < -0.3 is 19.0 Å². The van der Waals surface area contributed by atoms with E-state index in [1.165, 1.54) is 0 Å². The van der Waals surface area contributed by atoms with Gasteiger partial charge in [0.1, 0.15) is 13.2 Å². The molecule has 0 amide bonds. The Bertz CT molecular complexity index is 383. The van der Waals surface area contributed by atoms with Crippen LogP contribution in [0, 0.1) is 0 Å². The van der Waals surface area contributed by atoms with Crippen molar-refractivity contribution in [3.05, 3.63) is 11.8 Å². The number of hydrogen-bond donors (Lipinski definition) is 2. The van der Waals surface area contributed by atoms with E-state index in [-0.39, 0.29) is 36.8 Å². The molecule has 2 rings (SSSR count). The fourth-order valence-electron chi connectivity index (χ4n) is 0.808. The molecule has 0 saturated carbocycles. The molecule has 0 fully saturated rings. The molecule has 8 heteroatoms. The van der Waals surface area contributed by atoms with E-state index in [0.717, 1.165) is 0 Å². The molecular formula is C6H6N4O4. The highest BCUT2D eigenvalue weighted by atomic mass is 16.4. The van der Waals surface area contributed by atoms with Crippen molar-refractivity contribution >= 4 is 0 Å². The first-order valence-electron chi connectivity index (χ1n) is 3.70. The molecule has 2 aromatic heterocycles. The third-order valence-electron chi connectivity index (χ3n) is 1.39. The van der Waals surface area contributed by atoms with Crippen molar-refractivity contribution in [3.63, 3.8) is 0 Å². The van der Waals surface area contributed by atoms with Gasteiger partial charge in [-0.05, 0) is 0 Å². The number of hydrogen-bond acceptors (Lipinski definition) is 8. The maximum atomic E-state index is 8.65. The van der Waals surface area contributed by atoms with Gasteiger partial charge in [-0.3, -0.25) is 0 Å². The van der Waals surface area contributed by atoms with Crippen LogP contribution in [0.25, 0.3) is 11.8 Å². The highest BCUT2D eigenvalue weighted by Crippen LogP contribution is 2.15. The van der Waals surface area contributed by atoms with E-state index in [4.69, 9.17) is 19.0 Å². The number of rotatable bonds is 3. The Labute approximate surface area is 77.2 Å². The summed E-state index contributed by atoms with van der Waals surface area (Å²) in [5.74, 6) is 0.148. The van der Waals surface area contributed by atoms with Crippen LogP contribution in [0.2, 0.25) is 0 Å². The Hall–Kier alpha value is -1.80. The van der Waals surface area contributed by atoms with Crippen LogP contribution in [0.3, 0.4) is 0 Å². The SMILES string of the molecule is OCc1nnc(-c2nnc(CO)o2)o1. The van der Waals surface area contributed by atoms with Gasteiger partial charge >= 0.3 is 11.8 Å². The molecule has 0 atom stereocenters. The molecule has 0 aliphatic rings. The molecule has 0 saturated heterocycles. The summed E-state index contributed by atoms with van der Waals surface area (Å²) in [5.41, 5.74) is 0. The van der Waals surface area contributed by atoms with Crippen molar-refractivity contribution in [2.45, 2.75) is 13.2 Å². The van der Waals surface area contributed by atoms with Crippen LogP contribution in [0.1, 0.15) is 11.8 Å². The number of aliphatic hydroxyl groups is 2. The van der Waals surface area contributed by atoms with E-state index < -0.39 is 0 Å². The summed E-state index contributed by atoms with van der Waals surface area (Å²) >= 11 is 0. The number of aliphatic hydroxyl groups excluding tert-OH is 2. The lowest BCUT2D eigenvalue weighted by Gasteiger charge is -1.83. The van der Waals surface area contributed by atoms with Crippen molar-refractivity contribution in [2.75, 3.05) is 0 Å². The van der Waals surface area contributed by atoms with E-state index in [9.17, 15) is 0 Å². The van der Waals surface area contributed by atoms with Crippen LogP contribution in [0.15, 0.2) is 8.83 Å². The van der Waals surface area contributed by atoms with Gasteiger partial charge in [-0.1, -0.05) is 0 Å². The van der Waals surface area contributed by atoms with Gasteiger partial charge in [0.15, 0.2) is 0 Å². The smallest absolute Gasteiger partial charge is 0.306 e. The molecule has 8 nitrogen and oxygen atoms in total. The predicted octanol–water partition coefficient (Wildman–Crippen LogP) is -0.896. The Morgan fingerprint density at radius 1 is 0.786 bits per heavy atom. The summed E-state index contributed by atoms with van der Waals surface area (Å²) in [4.78, 5) is 0. The average Bonchev–Trinajstić information content (AvgIpc) is 2.86. The molecule has 0 aromatic carbocycles. The average molecular weight is 198 g/mol. The summed E-state index contributed by atoms with van der Waals surface area (Å²) in [5, 5.41) is 31.4. The minimum absolute atomic E-state index is 0.0150. The maximum Gasteiger partial charge on any atom is 0.306 e. The highest BCUT2D eigenvalue weighted by molar-refractivity contribution is 5.34. The van der Waals surface area contributed by atoms with E-state index in [1.807, 2.05) is 0 Å². The third-order valence-corrected chi connectivity index (χ3v) is 1.39. The van der Waals surface area contributed by atoms with E-state index in [0.29, 0.717) is 0 Å². The number of nitrogens with zero attached hydrogens (tertiary/aromatic N) is 4. The van der Waals surface area contributed by atoms with Gasteiger partial charge in [0.2, 0.25) is 11.8 Å². The fourth-order valence-corrected chi connectivity index (χ4v) is 0.808. The van der Waals surface area contributed by atoms with Crippen LogP contribution in [-0.2, 0) is 13.2 Å². The molecule has 0 unspecified atom stereocenters. The van der Waals surface area contributed by atoms with E-state index in [2.05, 4.69) is 20.4 Å². The lowest BCUT2D eigenvalue weighted by molar-refractivity contribution is 0.236. The Morgan fingerprint density at radius 2 is 1.21 bits per heavy atom. The third kappa shape index (κ3) is 1.47. The molecule has 0 bridgehead atoms. The largest absolute Gasteiger partial charge is 0.414 e. The van der Waals surface area contributed by atoms with E-state index >= 15 is 0 Å². The minimum Gasteiger partial charge on any atom is -0.414 e. The quantitative estimate of drug-likeness (QED) is 0.651. The normalized spacial score (nSPS) is 10.7. The van der Waals surface area contributed by atoms with Crippen LogP contribution in [-0.4, -0.2) is 30.6 Å². The van der Waals surface area contributed by atoms with Crippen LogP contribution < -0.4 is 0 Å². The minimum atomic E-state index is -0.353. The molecule has 14 heavy (non-hydrogen) atoms. The first kappa shape index (κ1) is 8.78. The topological polar surface area (TPSA) is 118 Å². The van der Waals surface area contributed by atoms with Crippen LogP contribution in [0.5, 0.6) is 0 Å². The molecule has 0 radical (unpaired) electrons. The molecule has 0 spiro atoms. The Morgan fingerprint density at radius 3 is 1.50 bits per heavy atom. The zero-order chi connectivity index (χ0) is 9.97. The van der Waals surface area contributed by atoms with Crippen molar-refractivity contribution in [2.24, 2.45) is 0 Å². The van der Waals surface area contributed by atoms with Crippen molar-refractivity contribution < 1.29 is 19.0 Å². The molecule has 0 aliphatic carbocycles. The maximum absolute atomic E-state index is 8.65. The summed E-state index contributed by atoms with van der Waals surface area (Å²) in [6, 6.07) is 0. The predicted molar refractivity (Wildman–Crippen MR) is 39.4 cm³/mol. The second-order valence-electron chi connectivity index (χ2n) is 2.32. The first-order chi connectivity index (χ1) is 6.83. The van der Waals surface area contributed by atoms with Gasteiger partial charge in [-0.2, -0.15) is 0 Å². The van der Waals surface area contributed by atoms with E-state index in [1.54, 1.807) is 0 Å². The molecule has 2 N–H and O–H groups in total. The molecule has 74 valence electrons. The summed E-state index contributed by atoms with van der Waals surface area (Å²) < 4.78 is 9.85. The fraction of sp³-hybridized carbons (Fsp3) is 0.333. The summed E-state index contributed by atoms with van der Waals surface area (Å²) in [7, 11) is 0. The Balaban J connectivity index is 2.29. The molecule has 2 aromatic rings. The van der Waals surface area contributed by atoms with Crippen molar-refractivity contribution in [3.8, 4) is 11.8 Å². The summed E-state index contributed by atoms with van der Waals surface area (Å²) in [6.45, 7) is -0.706. The van der Waals surface area contributed by atoms with Crippen LogP contribution in [0.4, 0.5) is 0 Å². The lowest BCUT2D eigenvalue weighted by atomic mass is 10.6. The van der Waals surface area contributed by atoms with Crippen molar-refractivity contribution in [1.29, 1.82) is 0 Å². The Kier molecular flexibility index (Phi) is 2.21. The first-order valence-corrected chi connectivity index (χ1v) is 3.70. The van der Waals surface area contributed by atoms with Gasteiger partial charge in [0.25, 0.3) is 0 Å². The van der Waals surface area contributed by atoms with Crippen molar-refractivity contribution in [1.82, 2.24) is 20.4 Å². The number of aromatic nitrogens is 4. The van der Waals surface area contributed by atoms with Gasteiger partial charge in [0, 0.05) is 0 Å². The molecule has 0 aliphatic heterocycles. The van der Waals surface area contributed by atoms with Crippen LogP contribution >= 0.6 is 0 Å². The standard InChI is InChI=1S/C6H6N4O4/c11-1-3-7-9-5(13-3)6-10-8-4(2-12)14-6/h11-12H,1-2H2. The summed E-state index contributed by atoms with van der Waals surface area (Å²) in [6.07, 6.45) is 0. The zero-order valence-electron chi connectivity index (χ0n) is 6.91. The zero-order valence-corrected chi connectivity index (χ0v) is 6.91. The second kappa shape index (κ2) is 3.52. The lowest BCUT2D eigenvalue weighted by Crippen LogP contribution is -1.79. The van der Waals surface area contributed by atoms with Gasteiger partial charge in [-0.15, -0.1) is 20.4 Å². The molecular weight excluding hydrogens is 192 g/mol.